The van der Waals surface area contributed by atoms with Gasteiger partial charge in [0.1, 0.15) is 5.75 Å². The summed E-state index contributed by atoms with van der Waals surface area (Å²) < 4.78 is 10.8. The van der Waals surface area contributed by atoms with E-state index in [1.165, 1.54) is 5.56 Å². The highest BCUT2D eigenvalue weighted by molar-refractivity contribution is 7.80. The van der Waals surface area contributed by atoms with Gasteiger partial charge in [0.25, 0.3) is 0 Å². The normalized spacial score (nSPS) is 10.5. The van der Waals surface area contributed by atoms with E-state index in [1.54, 1.807) is 13.0 Å². The highest BCUT2D eigenvalue weighted by Crippen LogP contribution is 2.20. The summed E-state index contributed by atoms with van der Waals surface area (Å²) in [5, 5.41) is 6.93. The molecule has 2 N–H and O–H groups in total. The maximum atomic E-state index is 12.0. The number of anilines is 1. The van der Waals surface area contributed by atoms with Crippen LogP contribution in [0.15, 0.2) is 42.5 Å². The number of carbonyl (C=O) groups excluding carboxylic acids is 1. The minimum Gasteiger partial charge on any atom is -0.491 e. The van der Waals surface area contributed by atoms with Crippen LogP contribution in [0.3, 0.4) is 0 Å². The number of thiocarbonyl (C=S) groups is 1. The van der Waals surface area contributed by atoms with E-state index in [0.29, 0.717) is 17.3 Å². The molecule has 0 radical (unpaired) electrons. The van der Waals surface area contributed by atoms with Gasteiger partial charge in [0.15, 0.2) is 5.11 Å². The first-order chi connectivity index (χ1) is 13.9. The second-order valence-corrected chi connectivity index (χ2v) is 7.41. The molecule has 0 saturated heterocycles. The van der Waals surface area contributed by atoms with Gasteiger partial charge in [-0.15, -0.1) is 0 Å². The number of hydrogen-bond donors (Lipinski definition) is 2. The Morgan fingerprint density at radius 3 is 2.66 bits per heavy atom. The molecule has 5 nitrogen and oxygen atoms in total. The molecule has 156 valence electrons. The molecule has 0 aromatic heterocycles. The van der Waals surface area contributed by atoms with Crippen molar-refractivity contribution in [3.63, 3.8) is 0 Å². The number of ether oxygens (including phenoxy) is 2. The fraction of sp³-hybridized carbons (Fsp3) is 0.391. The first-order valence-electron chi connectivity index (χ1n) is 9.98. The average Bonchev–Trinajstić information content (AvgIpc) is 2.67. The van der Waals surface area contributed by atoms with E-state index in [1.807, 2.05) is 45.0 Å². The predicted molar refractivity (Wildman–Crippen MR) is 122 cm³/mol. The summed E-state index contributed by atoms with van der Waals surface area (Å²) in [6.45, 7) is 8.81. The van der Waals surface area contributed by atoms with Crippen LogP contribution < -0.4 is 15.4 Å². The number of carbonyl (C=O) groups is 1. The van der Waals surface area contributed by atoms with Gasteiger partial charge in [-0.1, -0.05) is 18.2 Å². The summed E-state index contributed by atoms with van der Waals surface area (Å²) in [5.41, 5.74) is 3.40. The summed E-state index contributed by atoms with van der Waals surface area (Å²) in [5.74, 6) is 0.579. The molecule has 0 aliphatic heterocycles. The molecule has 0 bridgehead atoms. The Morgan fingerprint density at radius 2 is 1.93 bits per heavy atom. The van der Waals surface area contributed by atoms with E-state index < -0.39 is 0 Å². The molecule has 0 saturated carbocycles. The van der Waals surface area contributed by atoms with E-state index >= 15 is 0 Å². The lowest BCUT2D eigenvalue weighted by atomic mass is 10.1. The molecule has 0 unspecified atom stereocenters. The van der Waals surface area contributed by atoms with Crippen LogP contribution in [-0.2, 0) is 11.2 Å². The van der Waals surface area contributed by atoms with E-state index in [4.69, 9.17) is 21.7 Å². The third-order valence-electron chi connectivity index (χ3n) is 4.28. The van der Waals surface area contributed by atoms with Gasteiger partial charge in [-0.05, 0) is 88.1 Å². The lowest BCUT2D eigenvalue weighted by molar-refractivity contribution is 0.0525. The Hall–Kier alpha value is -2.60. The Morgan fingerprint density at radius 1 is 1.17 bits per heavy atom. The Kier molecular flexibility index (Phi) is 8.93. The monoisotopic (exact) mass is 414 g/mol. The molecule has 0 atom stereocenters. The first kappa shape index (κ1) is 22.7. The fourth-order valence-corrected chi connectivity index (χ4v) is 3.12. The molecule has 6 heteroatoms. The van der Waals surface area contributed by atoms with E-state index in [0.717, 1.165) is 36.4 Å². The van der Waals surface area contributed by atoms with Crippen LogP contribution in [0.25, 0.3) is 0 Å². The maximum Gasteiger partial charge on any atom is 0.338 e. The zero-order valence-electron chi connectivity index (χ0n) is 17.6. The van der Waals surface area contributed by atoms with Gasteiger partial charge in [0.2, 0.25) is 0 Å². The van der Waals surface area contributed by atoms with E-state index in [2.05, 4.69) is 22.8 Å². The summed E-state index contributed by atoms with van der Waals surface area (Å²) in [6.07, 6.45) is 2.04. The molecule has 2 rings (SSSR count). The Balaban J connectivity index is 1.82. The van der Waals surface area contributed by atoms with Crippen molar-refractivity contribution in [2.24, 2.45) is 0 Å². The van der Waals surface area contributed by atoms with Crippen molar-refractivity contribution in [3.05, 3.63) is 59.2 Å². The number of benzene rings is 2. The van der Waals surface area contributed by atoms with Gasteiger partial charge < -0.3 is 20.1 Å². The smallest absolute Gasteiger partial charge is 0.338 e. The number of nitrogens with one attached hydrogen (secondary N) is 2. The summed E-state index contributed by atoms with van der Waals surface area (Å²) in [7, 11) is 0. The van der Waals surface area contributed by atoms with Crippen LogP contribution in [0.4, 0.5) is 5.69 Å². The number of esters is 1. The van der Waals surface area contributed by atoms with Crippen molar-refractivity contribution in [2.75, 3.05) is 18.5 Å². The van der Waals surface area contributed by atoms with Gasteiger partial charge in [-0.25, -0.2) is 4.79 Å². The summed E-state index contributed by atoms with van der Waals surface area (Å²) in [6, 6.07) is 13.7. The molecule has 29 heavy (non-hydrogen) atoms. The van der Waals surface area contributed by atoms with Gasteiger partial charge in [-0.2, -0.15) is 0 Å². The van der Waals surface area contributed by atoms with Crippen LogP contribution in [-0.4, -0.2) is 30.3 Å². The van der Waals surface area contributed by atoms with E-state index in [-0.39, 0.29) is 12.1 Å². The van der Waals surface area contributed by atoms with Crippen molar-refractivity contribution in [2.45, 2.75) is 46.6 Å². The van der Waals surface area contributed by atoms with Gasteiger partial charge in [0.05, 0.1) is 18.3 Å². The lowest BCUT2D eigenvalue weighted by Gasteiger charge is -2.15. The van der Waals surface area contributed by atoms with Crippen molar-refractivity contribution in [3.8, 4) is 5.75 Å². The molecule has 0 amide bonds. The Labute approximate surface area is 178 Å². The number of rotatable bonds is 9. The maximum absolute atomic E-state index is 12.0. The molecular formula is C23H30N2O3S. The first-order valence-corrected chi connectivity index (χ1v) is 10.4. The molecule has 0 fully saturated rings. The second-order valence-electron chi connectivity index (χ2n) is 7.00. The zero-order valence-corrected chi connectivity index (χ0v) is 18.4. The minimum absolute atomic E-state index is 0.168. The van der Waals surface area contributed by atoms with Crippen LogP contribution in [0.2, 0.25) is 0 Å². The van der Waals surface area contributed by atoms with Crippen LogP contribution in [0.1, 0.15) is 48.7 Å². The van der Waals surface area contributed by atoms with Gasteiger partial charge >= 0.3 is 5.97 Å². The Bertz CT molecular complexity index is 837. The molecule has 0 aliphatic carbocycles. The lowest BCUT2D eigenvalue weighted by Crippen LogP contribution is -2.30. The molecule has 2 aromatic rings. The molecule has 0 heterocycles. The van der Waals surface area contributed by atoms with Gasteiger partial charge in [-0.3, -0.25) is 0 Å². The van der Waals surface area contributed by atoms with Crippen LogP contribution in [0.5, 0.6) is 5.75 Å². The largest absolute Gasteiger partial charge is 0.491 e. The highest BCUT2D eigenvalue weighted by atomic mass is 32.1. The standard InChI is InChI=1S/C23H30N2O3S/c1-5-27-22(26)20-12-7-13-21(17(20)4)25-23(29)24-14-8-10-18-9-6-11-19(15-18)28-16(2)3/h6-7,9,11-13,15-16H,5,8,10,14H2,1-4H3,(H2,24,25,29). The third kappa shape index (κ3) is 7.38. The van der Waals surface area contributed by atoms with Crippen molar-refractivity contribution in [1.29, 1.82) is 0 Å². The average molecular weight is 415 g/mol. The highest BCUT2D eigenvalue weighted by Gasteiger charge is 2.13. The van der Waals surface area contributed by atoms with Crippen molar-refractivity contribution in [1.82, 2.24) is 5.32 Å². The van der Waals surface area contributed by atoms with Crippen LogP contribution in [0, 0.1) is 6.92 Å². The molecule has 2 aromatic carbocycles. The quantitative estimate of drug-likeness (QED) is 0.347. The minimum atomic E-state index is -0.323. The number of aryl methyl sites for hydroxylation is 1. The second kappa shape index (κ2) is 11.4. The number of hydrogen-bond acceptors (Lipinski definition) is 4. The molecular weight excluding hydrogens is 384 g/mol. The molecule has 0 aliphatic rings. The summed E-state index contributed by atoms with van der Waals surface area (Å²) in [4.78, 5) is 12.0. The van der Waals surface area contributed by atoms with Crippen LogP contribution >= 0.6 is 12.2 Å². The third-order valence-corrected chi connectivity index (χ3v) is 4.52. The predicted octanol–water partition coefficient (Wildman–Crippen LogP) is 4.88. The zero-order chi connectivity index (χ0) is 21.2. The topological polar surface area (TPSA) is 59.6 Å². The molecule has 0 spiro atoms. The fourth-order valence-electron chi connectivity index (χ4n) is 2.91. The van der Waals surface area contributed by atoms with Gasteiger partial charge in [0, 0.05) is 12.2 Å². The van der Waals surface area contributed by atoms with E-state index in [9.17, 15) is 4.79 Å². The van der Waals surface area contributed by atoms with Crippen molar-refractivity contribution >= 4 is 29.0 Å². The summed E-state index contributed by atoms with van der Waals surface area (Å²) >= 11 is 5.40. The van der Waals surface area contributed by atoms with Crippen molar-refractivity contribution < 1.29 is 14.3 Å². The SMILES string of the molecule is CCOC(=O)c1cccc(NC(=S)NCCCc2cccc(OC(C)C)c2)c1C.